The van der Waals surface area contributed by atoms with E-state index in [1.54, 1.807) is 7.11 Å². The molecule has 0 saturated carbocycles. The van der Waals surface area contributed by atoms with Gasteiger partial charge in [-0.05, 0) is 78.4 Å². The highest BCUT2D eigenvalue weighted by molar-refractivity contribution is 9.10. The Kier molecular flexibility index (Phi) is 6.21. The van der Waals surface area contributed by atoms with Crippen molar-refractivity contribution in [3.05, 3.63) is 137 Å². The normalized spacial score (nSPS) is 16.3. The first-order valence-electron chi connectivity index (χ1n) is 13.1. The second-order valence-electron chi connectivity index (χ2n) is 10.1. The molecular weight excluding hydrogens is 584 g/mol. The van der Waals surface area contributed by atoms with E-state index in [1.165, 1.54) is 28.0 Å². The van der Waals surface area contributed by atoms with Crippen LogP contribution in [0, 0.1) is 6.92 Å². The highest BCUT2D eigenvalue weighted by Gasteiger charge is 2.32. The minimum Gasteiger partial charge on any atom is -0.497 e. The number of fused-ring (bicyclic) bond motifs is 3. The smallest absolute Gasteiger partial charge is 0.271 e. The molecular formula is C33H25BrN2O3S. The van der Waals surface area contributed by atoms with E-state index in [0.29, 0.717) is 15.1 Å². The van der Waals surface area contributed by atoms with E-state index in [4.69, 9.17) is 14.1 Å². The molecule has 1 atom stereocenters. The average molecular weight is 610 g/mol. The van der Waals surface area contributed by atoms with Gasteiger partial charge in [-0.1, -0.05) is 69.7 Å². The number of nitrogens with zero attached hydrogens (tertiary/aromatic N) is 2. The van der Waals surface area contributed by atoms with Crippen LogP contribution in [-0.2, 0) is 6.42 Å². The Hall–Kier alpha value is -3.94. The molecule has 0 unspecified atom stereocenters. The molecule has 2 aromatic heterocycles. The van der Waals surface area contributed by atoms with Crippen molar-refractivity contribution in [2.24, 2.45) is 4.99 Å². The summed E-state index contributed by atoms with van der Waals surface area (Å²) in [6, 6.07) is 26.2. The largest absolute Gasteiger partial charge is 0.497 e. The number of rotatable bonds is 4. The number of aromatic nitrogens is 1. The van der Waals surface area contributed by atoms with E-state index in [2.05, 4.69) is 71.4 Å². The number of hydrogen-bond acceptors (Lipinski definition) is 5. The van der Waals surface area contributed by atoms with E-state index in [0.717, 1.165) is 51.2 Å². The Morgan fingerprint density at radius 3 is 2.65 bits per heavy atom. The molecule has 198 valence electrons. The van der Waals surface area contributed by atoms with E-state index < -0.39 is 0 Å². The Morgan fingerprint density at radius 1 is 1.02 bits per heavy atom. The van der Waals surface area contributed by atoms with E-state index in [1.807, 2.05) is 41.0 Å². The van der Waals surface area contributed by atoms with E-state index in [9.17, 15) is 4.79 Å². The highest BCUT2D eigenvalue weighted by atomic mass is 79.9. The highest BCUT2D eigenvalue weighted by Crippen LogP contribution is 2.41. The van der Waals surface area contributed by atoms with Crippen molar-refractivity contribution in [1.29, 1.82) is 0 Å². The van der Waals surface area contributed by atoms with Gasteiger partial charge in [0, 0.05) is 21.7 Å². The van der Waals surface area contributed by atoms with Crippen molar-refractivity contribution in [3.63, 3.8) is 0 Å². The summed E-state index contributed by atoms with van der Waals surface area (Å²) in [5.41, 5.74) is 7.72. The standard InChI is InChI=1S/C33H25BrN2O3S/c1-19-7-14-25(27(34)17-19)28-16-13-23(39-28)18-29-32(37)36-31(21-8-11-22(38-2)12-9-21)26-15-10-20-5-3-4-6-24(20)30(26)35-33(36)40-29/h3-9,11-14,16-18,31H,10,15H2,1-2H3/b29-18-/t31-/m1/s1. The van der Waals surface area contributed by atoms with Gasteiger partial charge in [-0.3, -0.25) is 9.36 Å². The van der Waals surface area contributed by atoms with Crippen molar-refractivity contribution >= 4 is 39.0 Å². The van der Waals surface area contributed by atoms with Gasteiger partial charge in [-0.2, -0.15) is 0 Å². The first kappa shape index (κ1) is 25.1. The van der Waals surface area contributed by atoms with Crippen LogP contribution in [0.4, 0.5) is 0 Å². The number of benzene rings is 3. The fraction of sp³-hybridized carbons (Fsp3) is 0.152. The molecule has 1 aliphatic carbocycles. The molecule has 0 radical (unpaired) electrons. The summed E-state index contributed by atoms with van der Waals surface area (Å²) >= 11 is 5.05. The monoisotopic (exact) mass is 608 g/mol. The van der Waals surface area contributed by atoms with Crippen molar-refractivity contribution in [3.8, 4) is 17.1 Å². The van der Waals surface area contributed by atoms with Gasteiger partial charge < -0.3 is 9.15 Å². The maximum atomic E-state index is 14.0. The fourth-order valence-electron chi connectivity index (χ4n) is 5.63. The van der Waals surface area contributed by atoms with Gasteiger partial charge in [-0.15, -0.1) is 0 Å². The molecule has 5 nitrogen and oxygen atoms in total. The van der Waals surface area contributed by atoms with Gasteiger partial charge in [0.1, 0.15) is 17.3 Å². The Balaban J connectivity index is 1.39. The number of halogens is 1. The Morgan fingerprint density at radius 2 is 1.85 bits per heavy atom. The number of hydrogen-bond donors (Lipinski definition) is 0. The molecule has 1 aliphatic heterocycles. The number of ether oxygens (including phenoxy) is 1. The van der Waals surface area contributed by atoms with Crippen LogP contribution in [0.25, 0.3) is 23.1 Å². The van der Waals surface area contributed by atoms with Crippen LogP contribution in [-0.4, -0.2) is 11.7 Å². The zero-order chi connectivity index (χ0) is 27.4. The number of aryl methyl sites for hydroxylation is 2. The van der Waals surface area contributed by atoms with Crippen molar-refractivity contribution < 1.29 is 9.15 Å². The van der Waals surface area contributed by atoms with Crippen molar-refractivity contribution in [2.45, 2.75) is 25.8 Å². The van der Waals surface area contributed by atoms with Crippen LogP contribution in [0.3, 0.4) is 0 Å². The molecule has 0 amide bonds. The van der Waals surface area contributed by atoms with Gasteiger partial charge in [-0.25, -0.2) is 4.99 Å². The molecule has 7 rings (SSSR count). The van der Waals surface area contributed by atoms with Crippen LogP contribution in [0.15, 0.2) is 103 Å². The van der Waals surface area contributed by atoms with Crippen molar-refractivity contribution in [1.82, 2.24) is 4.57 Å². The Labute approximate surface area is 243 Å². The SMILES string of the molecule is COc1ccc([C@@H]2C3=C(N=c4s/c(=C\c5ccc(-c6ccc(C)cc6Br)o5)c(=O)n42)c2ccccc2CC3)cc1. The fourth-order valence-corrected chi connectivity index (χ4v) is 7.30. The summed E-state index contributed by atoms with van der Waals surface area (Å²) in [6.07, 6.45) is 3.60. The van der Waals surface area contributed by atoms with Gasteiger partial charge in [0.15, 0.2) is 4.80 Å². The lowest BCUT2D eigenvalue weighted by Crippen LogP contribution is -2.38. The predicted molar refractivity (Wildman–Crippen MR) is 162 cm³/mol. The summed E-state index contributed by atoms with van der Waals surface area (Å²) in [6.45, 7) is 2.05. The van der Waals surface area contributed by atoms with Crippen LogP contribution in [0.2, 0.25) is 0 Å². The zero-order valence-electron chi connectivity index (χ0n) is 22.0. The molecule has 0 saturated heterocycles. The maximum Gasteiger partial charge on any atom is 0.271 e. The Bertz CT molecular complexity index is 2000. The molecule has 3 heterocycles. The van der Waals surface area contributed by atoms with Gasteiger partial charge in [0.05, 0.1) is 23.4 Å². The molecule has 0 spiro atoms. The summed E-state index contributed by atoms with van der Waals surface area (Å²) in [5.74, 6) is 2.16. The lowest BCUT2D eigenvalue weighted by atomic mass is 9.83. The number of furan rings is 1. The van der Waals surface area contributed by atoms with Gasteiger partial charge in [0.25, 0.3) is 5.56 Å². The second-order valence-corrected chi connectivity index (χ2v) is 11.9. The third kappa shape index (κ3) is 4.21. The molecule has 0 fully saturated rings. The van der Waals surface area contributed by atoms with E-state index >= 15 is 0 Å². The second kappa shape index (κ2) is 9.91. The predicted octanol–water partition coefficient (Wildman–Crippen LogP) is 6.66. The molecule has 3 aromatic carbocycles. The molecule has 0 bridgehead atoms. The summed E-state index contributed by atoms with van der Waals surface area (Å²) in [5, 5.41) is 0. The van der Waals surface area contributed by atoms with Crippen molar-refractivity contribution in [2.75, 3.05) is 7.11 Å². The van der Waals surface area contributed by atoms with E-state index in [-0.39, 0.29) is 11.6 Å². The summed E-state index contributed by atoms with van der Waals surface area (Å²) in [4.78, 5) is 19.8. The zero-order valence-corrected chi connectivity index (χ0v) is 24.4. The van der Waals surface area contributed by atoms with Gasteiger partial charge in [0.2, 0.25) is 0 Å². The topological polar surface area (TPSA) is 56.7 Å². The lowest BCUT2D eigenvalue weighted by Gasteiger charge is -2.30. The average Bonchev–Trinajstić information content (AvgIpc) is 3.56. The molecule has 7 heteroatoms. The van der Waals surface area contributed by atoms with Crippen LogP contribution in [0.1, 0.15) is 40.5 Å². The van der Waals surface area contributed by atoms with Crippen LogP contribution < -0.4 is 19.6 Å². The first-order chi connectivity index (χ1) is 19.5. The molecule has 5 aromatic rings. The summed E-state index contributed by atoms with van der Waals surface area (Å²) < 4.78 is 15.0. The number of methoxy groups -OCH3 is 1. The summed E-state index contributed by atoms with van der Waals surface area (Å²) in [7, 11) is 1.66. The molecule has 2 aliphatic rings. The molecule has 0 N–H and O–H groups in total. The lowest BCUT2D eigenvalue weighted by molar-refractivity contribution is 0.414. The van der Waals surface area contributed by atoms with Gasteiger partial charge >= 0.3 is 0 Å². The third-order valence-electron chi connectivity index (χ3n) is 7.59. The van der Waals surface area contributed by atoms with Crippen LogP contribution in [0.5, 0.6) is 5.75 Å². The molecule has 40 heavy (non-hydrogen) atoms. The third-order valence-corrected chi connectivity index (χ3v) is 9.23. The minimum atomic E-state index is -0.233. The minimum absolute atomic E-state index is 0.0653. The quantitative estimate of drug-likeness (QED) is 0.229. The maximum absolute atomic E-state index is 14.0. The van der Waals surface area contributed by atoms with Crippen LogP contribution >= 0.6 is 27.3 Å². The number of allylic oxidation sites excluding steroid dienone is 1. The first-order valence-corrected chi connectivity index (χ1v) is 14.7. The number of thiazole rings is 1.